The molecule has 5 heteroatoms. The Morgan fingerprint density at radius 1 is 1.10 bits per heavy atom. The molecule has 5 nitrogen and oxygen atoms in total. The fourth-order valence-electron chi connectivity index (χ4n) is 3.01. The van der Waals surface area contributed by atoms with Crippen LogP contribution in [0.5, 0.6) is 0 Å². The summed E-state index contributed by atoms with van der Waals surface area (Å²) in [7, 11) is 0. The van der Waals surface area contributed by atoms with E-state index < -0.39 is 0 Å². The number of nitrogens with zero attached hydrogens (tertiary/aromatic N) is 1. The van der Waals surface area contributed by atoms with Crippen molar-refractivity contribution in [1.29, 1.82) is 0 Å². The quantitative estimate of drug-likeness (QED) is 0.812. The Morgan fingerprint density at radius 2 is 1.86 bits per heavy atom. The number of carbonyl (C=O) groups excluding carboxylic acids is 2. The molecule has 1 atom stereocenters. The lowest BCUT2D eigenvalue weighted by atomic mass is 10.1. The van der Waals surface area contributed by atoms with Crippen molar-refractivity contribution in [3.63, 3.8) is 0 Å². The fourth-order valence-corrected chi connectivity index (χ4v) is 3.01. The van der Waals surface area contributed by atoms with Gasteiger partial charge >= 0.3 is 0 Å². The molecule has 21 heavy (non-hydrogen) atoms. The molecule has 2 heterocycles. The maximum absolute atomic E-state index is 12.1. The Hall–Kier alpha value is -1.10. The summed E-state index contributed by atoms with van der Waals surface area (Å²) in [6.07, 6.45) is 7.37. The lowest BCUT2D eigenvalue weighted by molar-refractivity contribution is -0.133. The van der Waals surface area contributed by atoms with Crippen LogP contribution in [0.1, 0.15) is 51.4 Å². The van der Waals surface area contributed by atoms with Crippen LogP contribution in [-0.4, -0.2) is 49.6 Å². The molecule has 1 N–H and O–H groups in total. The molecule has 2 rings (SSSR count). The summed E-state index contributed by atoms with van der Waals surface area (Å²) in [4.78, 5) is 25.8. The predicted octanol–water partition coefficient (Wildman–Crippen LogP) is 1.71. The van der Waals surface area contributed by atoms with Gasteiger partial charge in [0.2, 0.25) is 11.8 Å². The number of hydrogen-bond donors (Lipinski definition) is 1. The molecule has 2 amide bonds. The highest BCUT2D eigenvalue weighted by molar-refractivity contribution is 5.83. The van der Waals surface area contributed by atoms with Gasteiger partial charge in [0.15, 0.2) is 0 Å². The van der Waals surface area contributed by atoms with E-state index in [0.717, 1.165) is 52.0 Å². The first-order chi connectivity index (χ1) is 10.3. The van der Waals surface area contributed by atoms with Gasteiger partial charge in [0, 0.05) is 45.7 Å². The summed E-state index contributed by atoms with van der Waals surface area (Å²) in [6.45, 7) is 4.10. The number of ether oxygens (including phenoxy) is 1. The predicted molar refractivity (Wildman–Crippen MR) is 80.8 cm³/mol. The minimum absolute atomic E-state index is 0.00270. The van der Waals surface area contributed by atoms with Crippen LogP contribution in [0.25, 0.3) is 0 Å². The van der Waals surface area contributed by atoms with Crippen molar-refractivity contribution >= 4 is 11.8 Å². The van der Waals surface area contributed by atoms with Gasteiger partial charge in [-0.05, 0) is 31.6 Å². The van der Waals surface area contributed by atoms with Gasteiger partial charge in [0.1, 0.15) is 0 Å². The average Bonchev–Trinajstić information content (AvgIpc) is 2.85. The molecule has 0 aromatic carbocycles. The topological polar surface area (TPSA) is 58.6 Å². The normalized spacial score (nSPS) is 22.9. The van der Waals surface area contributed by atoms with Gasteiger partial charge < -0.3 is 15.0 Å². The second-order valence-electron chi connectivity index (χ2n) is 6.16. The standard InChI is InChI=1S/C16H28N2O3/c19-15(17-9-7-14-8-12-21-13-14)5-6-16(20)18-10-3-1-2-4-11-18/h14H,1-13H2,(H,17,19)/t14-/m1/s1. The molecule has 0 bridgehead atoms. The Balaban J connectivity index is 1.55. The Morgan fingerprint density at radius 3 is 2.52 bits per heavy atom. The molecule has 0 saturated carbocycles. The monoisotopic (exact) mass is 296 g/mol. The van der Waals surface area contributed by atoms with E-state index in [9.17, 15) is 9.59 Å². The number of amides is 2. The number of likely N-dealkylation sites (tertiary alicyclic amines) is 1. The first kappa shape index (κ1) is 16.3. The van der Waals surface area contributed by atoms with E-state index in [0.29, 0.717) is 25.3 Å². The highest BCUT2D eigenvalue weighted by Crippen LogP contribution is 2.15. The lowest BCUT2D eigenvalue weighted by Crippen LogP contribution is -2.33. The Labute approximate surface area is 127 Å². The highest BCUT2D eigenvalue weighted by atomic mass is 16.5. The van der Waals surface area contributed by atoms with Gasteiger partial charge in [-0.2, -0.15) is 0 Å². The largest absolute Gasteiger partial charge is 0.381 e. The van der Waals surface area contributed by atoms with Gasteiger partial charge in [0.25, 0.3) is 0 Å². The van der Waals surface area contributed by atoms with Crippen LogP contribution in [-0.2, 0) is 14.3 Å². The van der Waals surface area contributed by atoms with E-state index >= 15 is 0 Å². The molecule has 2 fully saturated rings. The number of nitrogens with one attached hydrogen (secondary N) is 1. The molecule has 2 aliphatic heterocycles. The van der Waals surface area contributed by atoms with Gasteiger partial charge in [-0.3, -0.25) is 9.59 Å². The minimum Gasteiger partial charge on any atom is -0.381 e. The van der Waals surface area contributed by atoms with Crippen LogP contribution < -0.4 is 5.32 Å². The van der Waals surface area contributed by atoms with E-state index in [4.69, 9.17) is 4.74 Å². The third-order valence-corrected chi connectivity index (χ3v) is 4.42. The van der Waals surface area contributed by atoms with Crippen LogP contribution in [0.4, 0.5) is 0 Å². The third kappa shape index (κ3) is 6.04. The molecule has 2 saturated heterocycles. The zero-order valence-electron chi connectivity index (χ0n) is 12.9. The van der Waals surface area contributed by atoms with E-state index in [-0.39, 0.29) is 11.8 Å². The molecule has 0 spiro atoms. The summed E-state index contributed by atoms with van der Waals surface area (Å²) < 4.78 is 5.31. The van der Waals surface area contributed by atoms with Gasteiger partial charge in [-0.15, -0.1) is 0 Å². The van der Waals surface area contributed by atoms with Crippen molar-refractivity contribution in [2.75, 3.05) is 32.8 Å². The average molecular weight is 296 g/mol. The van der Waals surface area contributed by atoms with Crippen molar-refractivity contribution < 1.29 is 14.3 Å². The van der Waals surface area contributed by atoms with Crippen LogP contribution in [0.3, 0.4) is 0 Å². The zero-order chi connectivity index (χ0) is 14.9. The smallest absolute Gasteiger partial charge is 0.223 e. The third-order valence-electron chi connectivity index (χ3n) is 4.42. The first-order valence-electron chi connectivity index (χ1n) is 8.38. The SMILES string of the molecule is O=C(CCC(=O)N1CCCCCC1)NCC[C@@H]1CCOC1. The molecule has 0 aliphatic carbocycles. The number of hydrogen-bond acceptors (Lipinski definition) is 3. The maximum atomic E-state index is 12.1. The second-order valence-corrected chi connectivity index (χ2v) is 6.16. The van der Waals surface area contributed by atoms with Gasteiger partial charge in [-0.25, -0.2) is 0 Å². The van der Waals surface area contributed by atoms with Crippen molar-refractivity contribution in [2.45, 2.75) is 51.4 Å². The molecule has 0 aromatic rings. The molecule has 120 valence electrons. The Bertz CT molecular complexity index is 332. The highest BCUT2D eigenvalue weighted by Gasteiger charge is 2.17. The second kappa shape index (κ2) is 9.03. The molecular weight excluding hydrogens is 268 g/mol. The number of rotatable bonds is 6. The van der Waals surface area contributed by atoms with E-state index in [2.05, 4.69) is 5.32 Å². The summed E-state index contributed by atoms with van der Waals surface area (Å²) in [5, 5.41) is 2.91. The van der Waals surface area contributed by atoms with Gasteiger partial charge in [-0.1, -0.05) is 12.8 Å². The summed E-state index contributed by atoms with van der Waals surface area (Å²) in [5.74, 6) is 0.720. The van der Waals surface area contributed by atoms with E-state index in [1.807, 2.05) is 4.90 Å². The molecule has 0 radical (unpaired) electrons. The molecule has 2 aliphatic rings. The van der Waals surface area contributed by atoms with Crippen LogP contribution >= 0.6 is 0 Å². The fraction of sp³-hybridized carbons (Fsp3) is 0.875. The zero-order valence-corrected chi connectivity index (χ0v) is 12.9. The van der Waals surface area contributed by atoms with Gasteiger partial charge in [0.05, 0.1) is 0 Å². The summed E-state index contributed by atoms with van der Waals surface area (Å²) in [5.41, 5.74) is 0. The van der Waals surface area contributed by atoms with Crippen LogP contribution in [0.2, 0.25) is 0 Å². The minimum atomic E-state index is -0.00270. The van der Waals surface area contributed by atoms with Crippen LogP contribution in [0.15, 0.2) is 0 Å². The van der Waals surface area contributed by atoms with Crippen LogP contribution in [0, 0.1) is 5.92 Å². The van der Waals surface area contributed by atoms with Crippen molar-refractivity contribution in [2.24, 2.45) is 5.92 Å². The van der Waals surface area contributed by atoms with E-state index in [1.165, 1.54) is 12.8 Å². The van der Waals surface area contributed by atoms with Crippen molar-refractivity contribution in [3.8, 4) is 0 Å². The van der Waals surface area contributed by atoms with Crippen molar-refractivity contribution in [1.82, 2.24) is 10.2 Å². The summed E-state index contributed by atoms with van der Waals surface area (Å²) in [6, 6.07) is 0. The first-order valence-corrected chi connectivity index (χ1v) is 8.38. The Kier molecular flexibility index (Phi) is 7.00. The summed E-state index contributed by atoms with van der Waals surface area (Å²) >= 11 is 0. The lowest BCUT2D eigenvalue weighted by Gasteiger charge is -2.20. The maximum Gasteiger partial charge on any atom is 0.223 e. The number of carbonyl (C=O) groups is 2. The molecule has 0 aromatic heterocycles. The molecular formula is C16H28N2O3. The van der Waals surface area contributed by atoms with Crippen molar-refractivity contribution in [3.05, 3.63) is 0 Å². The van der Waals surface area contributed by atoms with E-state index in [1.54, 1.807) is 0 Å². The molecule has 0 unspecified atom stereocenters.